The Morgan fingerprint density at radius 3 is 2.49 bits per heavy atom. The van der Waals surface area contributed by atoms with Crippen molar-refractivity contribution in [3.63, 3.8) is 0 Å². The summed E-state index contributed by atoms with van der Waals surface area (Å²) in [6, 6.07) is 20.4. The van der Waals surface area contributed by atoms with Crippen molar-refractivity contribution >= 4 is 35.1 Å². The molecular formula is C30H29ClN2O4. The molecule has 0 aliphatic carbocycles. The van der Waals surface area contributed by atoms with Gasteiger partial charge in [0.2, 0.25) is 0 Å². The third-order valence-electron chi connectivity index (χ3n) is 5.63. The number of nitriles is 1. The van der Waals surface area contributed by atoms with E-state index < -0.39 is 5.91 Å². The van der Waals surface area contributed by atoms with E-state index in [0.29, 0.717) is 34.3 Å². The fourth-order valence-corrected chi connectivity index (χ4v) is 3.84. The van der Waals surface area contributed by atoms with Crippen molar-refractivity contribution in [3.05, 3.63) is 94.0 Å². The summed E-state index contributed by atoms with van der Waals surface area (Å²) >= 11 is 6.13. The van der Waals surface area contributed by atoms with Crippen LogP contribution in [-0.2, 0) is 4.79 Å². The van der Waals surface area contributed by atoms with Gasteiger partial charge in [0.15, 0.2) is 17.3 Å². The third kappa shape index (κ3) is 7.70. The Hall–Kier alpha value is -4.08. The second-order valence-corrected chi connectivity index (χ2v) is 8.76. The molecule has 0 saturated carbocycles. The van der Waals surface area contributed by atoms with Crippen molar-refractivity contribution in [2.24, 2.45) is 0 Å². The molecule has 0 aliphatic heterocycles. The van der Waals surface area contributed by atoms with Crippen LogP contribution in [0.1, 0.15) is 54.1 Å². The highest BCUT2D eigenvalue weighted by molar-refractivity contribution is 6.31. The molecule has 0 saturated heterocycles. The number of carbonyl (C=O) groups is 2. The summed E-state index contributed by atoms with van der Waals surface area (Å²) in [4.78, 5) is 26.0. The molecule has 3 aromatic carbocycles. The van der Waals surface area contributed by atoms with Crippen LogP contribution < -0.4 is 14.8 Å². The van der Waals surface area contributed by atoms with E-state index in [4.69, 9.17) is 21.1 Å². The topological polar surface area (TPSA) is 88.4 Å². The van der Waals surface area contributed by atoms with Gasteiger partial charge < -0.3 is 14.8 Å². The zero-order valence-corrected chi connectivity index (χ0v) is 21.7. The van der Waals surface area contributed by atoms with Gasteiger partial charge in [0.25, 0.3) is 5.91 Å². The number of ketones is 1. The number of amides is 1. The smallest absolute Gasteiger partial charge is 0.266 e. The van der Waals surface area contributed by atoms with E-state index in [1.54, 1.807) is 54.6 Å². The number of nitrogens with one attached hydrogen (secondary N) is 1. The van der Waals surface area contributed by atoms with Crippen LogP contribution in [0, 0.1) is 11.3 Å². The van der Waals surface area contributed by atoms with Crippen LogP contribution in [0.25, 0.3) is 6.08 Å². The molecule has 1 amide bonds. The molecule has 0 bridgehead atoms. The fraction of sp³-hybridized carbons (Fsp3) is 0.233. The van der Waals surface area contributed by atoms with Gasteiger partial charge in [0.1, 0.15) is 11.6 Å². The van der Waals surface area contributed by atoms with E-state index in [1.807, 2.05) is 12.1 Å². The van der Waals surface area contributed by atoms with Gasteiger partial charge in [0.05, 0.1) is 19.4 Å². The van der Waals surface area contributed by atoms with Crippen LogP contribution >= 0.6 is 11.6 Å². The van der Waals surface area contributed by atoms with Crippen LogP contribution in [-0.4, -0.2) is 25.4 Å². The maximum absolute atomic E-state index is 13.0. The maximum atomic E-state index is 13.0. The van der Waals surface area contributed by atoms with E-state index in [2.05, 4.69) is 12.2 Å². The number of hydrogen-bond donors (Lipinski definition) is 1. The normalized spacial score (nSPS) is 10.9. The summed E-state index contributed by atoms with van der Waals surface area (Å²) in [5, 5.41) is 12.7. The highest BCUT2D eigenvalue weighted by atomic mass is 35.5. The van der Waals surface area contributed by atoms with Crippen LogP contribution in [0.2, 0.25) is 5.02 Å². The second kappa shape index (κ2) is 13.9. The lowest BCUT2D eigenvalue weighted by Gasteiger charge is -2.12. The average molecular weight is 517 g/mol. The van der Waals surface area contributed by atoms with E-state index in [0.717, 1.165) is 19.3 Å². The first kappa shape index (κ1) is 27.5. The molecule has 1 N–H and O–H groups in total. The Bertz CT molecular complexity index is 1310. The first-order valence-corrected chi connectivity index (χ1v) is 12.5. The standard InChI is InChI=1S/C30H29ClN2O4/c1-3-4-5-9-16-37-27-15-12-21(18-28(27)36-2)17-23(20-32)30(35)33-26-14-13-24(31)19-25(26)29(34)22-10-7-6-8-11-22/h6-8,10-15,17-19H,3-5,9,16H2,1-2H3,(H,33,35)/b23-17+. The lowest BCUT2D eigenvalue weighted by molar-refractivity contribution is -0.112. The van der Waals surface area contributed by atoms with E-state index in [1.165, 1.54) is 25.7 Å². The number of nitrogens with zero attached hydrogens (tertiary/aromatic N) is 1. The molecule has 7 heteroatoms. The number of anilines is 1. The predicted molar refractivity (Wildman–Crippen MR) is 146 cm³/mol. The van der Waals surface area contributed by atoms with Crippen molar-refractivity contribution in [1.29, 1.82) is 5.26 Å². The lowest BCUT2D eigenvalue weighted by Crippen LogP contribution is -2.16. The van der Waals surface area contributed by atoms with E-state index in [9.17, 15) is 14.9 Å². The number of methoxy groups -OCH3 is 1. The highest BCUT2D eigenvalue weighted by Gasteiger charge is 2.18. The minimum atomic E-state index is -0.651. The molecule has 0 aliphatic rings. The maximum Gasteiger partial charge on any atom is 0.266 e. The molecule has 0 fully saturated rings. The zero-order valence-electron chi connectivity index (χ0n) is 20.9. The highest BCUT2D eigenvalue weighted by Crippen LogP contribution is 2.30. The summed E-state index contributed by atoms with van der Waals surface area (Å²) in [5.74, 6) is 0.165. The molecule has 0 atom stereocenters. The van der Waals surface area contributed by atoms with Crippen molar-refractivity contribution in [1.82, 2.24) is 0 Å². The van der Waals surface area contributed by atoms with Crippen LogP contribution in [0.5, 0.6) is 11.5 Å². The quantitative estimate of drug-likeness (QED) is 0.120. The first-order chi connectivity index (χ1) is 18.0. The van der Waals surface area contributed by atoms with Gasteiger partial charge in [-0.3, -0.25) is 9.59 Å². The van der Waals surface area contributed by atoms with Gasteiger partial charge in [0, 0.05) is 16.1 Å². The summed E-state index contributed by atoms with van der Waals surface area (Å²) < 4.78 is 11.3. The molecular weight excluding hydrogens is 488 g/mol. The number of hydrogen-bond acceptors (Lipinski definition) is 5. The molecule has 3 aromatic rings. The SMILES string of the molecule is CCCCCCOc1ccc(/C=C(\C#N)C(=O)Nc2ccc(Cl)cc2C(=O)c2ccccc2)cc1OC. The molecule has 3 rings (SSSR count). The molecule has 0 spiro atoms. The Labute approximate surface area is 222 Å². The Balaban J connectivity index is 1.79. The van der Waals surface area contributed by atoms with Crippen molar-refractivity contribution in [2.45, 2.75) is 32.6 Å². The van der Waals surface area contributed by atoms with Gasteiger partial charge in [-0.15, -0.1) is 0 Å². The Morgan fingerprint density at radius 1 is 1.00 bits per heavy atom. The van der Waals surface area contributed by atoms with Crippen LogP contribution in [0.3, 0.4) is 0 Å². The van der Waals surface area contributed by atoms with Crippen LogP contribution in [0.4, 0.5) is 5.69 Å². The molecule has 0 unspecified atom stereocenters. The summed E-state index contributed by atoms with van der Waals surface area (Å²) in [6.45, 7) is 2.74. The molecule has 190 valence electrons. The molecule has 6 nitrogen and oxygen atoms in total. The van der Waals surface area contributed by atoms with Gasteiger partial charge in [-0.25, -0.2) is 0 Å². The van der Waals surface area contributed by atoms with Gasteiger partial charge >= 0.3 is 0 Å². The average Bonchev–Trinajstić information content (AvgIpc) is 2.92. The molecule has 0 heterocycles. The predicted octanol–water partition coefficient (Wildman–Crippen LogP) is 7.08. The number of carbonyl (C=O) groups excluding carboxylic acids is 2. The Kier molecular flexibility index (Phi) is 10.3. The van der Waals surface area contributed by atoms with Gasteiger partial charge in [-0.1, -0.05) is 74.2 Å². The zero-order chi connectivity index (χ0) is 26.6. The van der Waals surface area contributed by atoms with Crippen molar-refractivity contribution in [3.8, 4) is 17.6 Å². The van der Waals surface area contributed by atoms with Crippen molar-refractivity contribution in [2.75, 3.05) is 19.0 Å². The summed E-state index contributed by atoms with van der Waals surface area (Å²) in [6.07, 6.45) is 5.84. The van der Waals surface area contributed by atoms with E-state index in [-0.39, 0.29) is 22.6 Å². The summed E-state index contributed by atoms with van der Waals surface area (Å²) in [7, 11) is 1.54. The van der Waals surface area contributed by atoms with Crippen LogP contribution in [0.15, 0.2) is 72.3 Å². The number of rotatable bonds is 12. The molecule has 0 aromatic heterocycles. The third-order valence-corrected chi connectivity index (χ3v) is 5.86. The van der Waals surface area contributed by atoms with Gasteiger partial charge in [-0.2, -0.15) is 5.26 Å². The minimum Gasteiger partial charge on any atom is -0.493 e. The largest absolute Gasteiger partial charge is 0.493 e. The number of ether oxygens (including phenoxy) is 2. The van der Waals surface area contributed by atoms with Gasteiger partial charge in [-0.05, 0) is 48.4 Å². The minimum absolute atomic E-state index is 0.136. The molecule has 37 heavy (non-hydrogen) atoms. The van der Waals surface area contributed by atoms with Crippen molar-refractivity contribution < 1.29 is 19.1 Å². The number of halogens is 1. The first-order valence-electron chi connectivity index (χ1n) is 12.1. The van der Waals surface area contributed by atoms with E-state index >= 15 is 0 Å². The molecule has 0 radical (unpaired) electrons. The number of benzene rings is 3. The number of unbranched alkanes of at least 4 members (excludes halogenated alkanes) is 3. The lowest BCUT2D eigenvalue weighted by atomic mass is 10.0. The second-order valence-electron chi connectivity index (χ2n) is 8.33. The summed E-state index contributed by atoms with van der Waals surface area (Å²) in [5.41, 5.74) is 1.40. The fourth-order valence-electron chi connectivity index (χ4n) is 3.67. The Morgan fingerprint density at radius 2 is 1.78 bits per heavy atom. The monoisotopic (exact) mass is 516 g/mol.